The van der Waals surface area contributed by atoms with Gasteiger partial charge in [-0.2, -0.15) is 0 Å². The fourth-order valence-corrected chi connectivity index (χ4v) is 7.22. The lowest BCUT2D eigenvalue weighted by atomic mass is 9.80. The number of nitrogens with one attached hydrogen (secondary N) is 1. The molecule has 1 fully saturated rings. The van der Waals surface area contributed by atoms with E-state index in [0.717, 1.165) is 53.2 Å². The minimum absolute atomic E-state index is 0.0922. The molecule has 0 aromatic heterocycles. The van der Waals surface area contributed by atoms with Gasteiger partial charge in [-0.3, -0.25) is 14.9 Å². The van der Waals surface area contributed by atoms with Crippen molar-refractivity contribution in [1.82, 2.24) is 5.32 Å². The van der Waals surface area contributed by atoms with Gasteiger partial charge in [-0.25, -0.2) is 0 Å². The molecule has 1 aliphatic rings. The quantitative estimate of drug-likeness (QED) is 0.0727. The van der Waals surface area contributed by atoms with Gasteiger partial charge in [-0.15, -0.1) is 0 Å². The standard InChI is InChI=1S/C27H30O4.C8H13NO2.C6H14OS2/c1-20-9-14-26(31-20)19-30-27(21-7-5-4-6-8-21,22-10-15-24(28-2)16-11-22)23-12-17-25(29-3)18-13-23;1-3-5-7(10)9-8(11)6-4-2;1-6(2,3)9-8-5-4-7/h4-8,10-13,15-18,20,26H,9,14,19H2,1-3H3;3,5H,4,6H2,1-2H3,(H,9,10,11);7H,4-5H2,1-3H3/b;5-3-;. The van der Waals surface area contributed by atoms with Crippen LogP contribution in [0.4, 0.5) is 0 Å². The third-order valence-corrected chi connectivity index (χ3v) is 10.8. The van der Waals surface area contributed by atoms with Crippen LogP contribution < -0.4 is 14.8 Å². The Kier molecular flexibility index (Phi) is 20.1. The van der Waals surface area contributed by atoms with Crippen LogP contribution >= 0.6 is 21.6 Å². The molecule has 4 rings (SSSR count). The summed E-state index contributed by atoms with van der Waals surface area (Å²) in [7, 11) is 6.90. The highest BCUT2D eigenvalue weighted by atomic mass is 33.1. The molecule has 8 nitrogen and oxygen atoms in total. The van der Waals surface area contributed by atoms with E-state index in [4.69, 9.17) is 24.1 Å². The lowest BCUT2D eigenvalue weighted by Gasteiger charge is -2.37. The third kappa shape index (κ3) is 15.5. The van der Waals surface area contributed by atoms with Gasteiger partial charge in [0.15, 0.2) is 0 Å². The highest BCUT2D eigenvalue weighted by Crippen LogP contribution is 2.42. The Morgan fingerprint density at radius 3 is 1.88 bits per heavy atom. The van der Waals surface area contributed by atoms with Crippen molar-refractivity contribution < 1.29 is 33.6 Å². The van der Waals surface area contributed by atoms with Gasteiger partial charge < -0.3 is 24.1 Å². The number of ether oxygens (including phenoxy) is 4. The van der Waals surface area contributed by atoms with E-state index in [0.29, 0.717) is 17.8 Å². The molecule has 2 amide bonds. The number of methoxy groups -OCH3 is 2. The van der Waals surface area contributed by atoms with E-state index in [1.54, 1.807) is 38.0 Å². The number of benzene rings is 3. The average molecular weight is 740 g/mol. The number of allylic oxidation sites excluding steroid dienone is 1. The highest BCUT2D eigenvalue weighted by Gasteiger charge is 2.39. The summed E-state index contributed by atoms with van der Waals surface area (Å²) in [6.07, 6.45) is 6.53. The number of carbonyl (C=O) groups excluding carboxylic acids is 2. The van der Waals surface area contributed by atoms with Crippen LogP contribution in [0.2, 0.25) is 0 Å². The molecule has 0 radical (unpaired) electrons. The average Bonchev–Trinajstić information content (AvgIpc) is 3.54. The molecule has 2 N–H and O–H groups in total. The van der Waals surface area contributed by atoms with E-state index < -0.39 is 5.60 Å². The smallest absolute Gasteiger partial charge is 0.250 e. The Morgan fingerprint density at radius 2 is 1.45 bits per heavy atom. The van der Waals surface area contributed by atoms with E-state index in [1.165, 1.54) is 6.08 Å². The molecule has 51 heavy (non-hydrogen) atoms. The normalized spacial score (nSPS) is 15.6. The van der Waals surface area contributed by atoms with Crippen LogP contribution in [0.5, 0.6) is 11.5 Å². The SMILES string of the molecule is C/C=C\C(=O)NC(=O)CCC.CC(C)(C)SSCCO.COc1ccc(C(OCC2CCC(C)O2)(c2ccccc2)c2ccc(OC)cc2)cc1. The number of hydrogen-bond donors (Lipinski definition) is 2. The van der Waals surface area contributed by atoms with Crippen LogP contribution in [0, 0.1) is 0 Å². The molecule has 3 aromatic carbocycles. The predicted octanol–water partition coefficient (Wildman–Crippen LogP) is 8.74. The van der Waals surface area contributed by atoms with E-state index in [1.807, 2.05) is 48.0 Å². The molecule has 280 valence electrons. The topological polar surface area (TPSA) is 103 Å². The summed E-state index contributed by atoms with van der Waals surface area (Å²) in [5.41, 5.74) is 2.36. The zero-order chi connectivity index (χ0) is 37.7. The van der Waals surface area contributed by atoms with Gasteiger partial charge in [0.1, 0.15) is 17.1 Å². The van der Waals surface area contributed by atoms with Gasteiger partial charge in [0, 0.05) is 16.9 Å². The second kappa shape index (κ2) is 23.3. The summed E-state index contributed by atoms with van der Waals surface area (Å²) < 4.78 is 24.1. The maximum atomic E-state index is 10.8. The highest BCUT2D eigenvalue weighted by molar-refractivity contribution is 8.77. The first-order valence-electron chi connectivity index (χ1n) is 17.4. The molecule has 0 aliphatic carbocycles. The van der Waals surface area contributed by atoms with Crippen molar-refractivity contribution in [2.45, 2.75) is 89.8 Å². The molecule has 0 bridgehead atoms. The molecule has 1 saturated heterocycles. The Bertz CT molecular complexity index is 1390. The minimum Gasteiger partial charge on any atom is -0.497 e. The lowest BCUT2D eigenvalue weighted by Crippen LogP contribution is -2.35. The van der Waals surface area contributed by atoms with Crippen molar-refractivity contribution >= 4 is 33.4 Å². The minimum atomic E-state index is -0.783. The first kappa shape index (κ1) is 43.9. The second-order valence-corrected chi connectivity index (χ2v) is 16.1. The van der Waals surface area contributed by atoms with Crippen molar-refractivity contribution in [3.63, 3.8) is 0 Å². The summed E-state index contributed by atoms with van der Waals surface area (Å²) >= 11 is 0. The molecular formula is C41H57NO7S2. The molecule has 2 unspecified atom stereocenters. The van der Waals surface area contributed by atoms with Crippen molar-refractivity contribution in [2.75, 3.05) is 33.2 Å². The van der Waals surface area contributed by atoms with E-state index in [2.05, 4.69) is 81.5 Å². The van der Waals surface area contributed by atoms with Gasteiger partial charge in [0.25, 0.3) is 0 Å². The van der Waals surface area contributed by atoms with Gasteiger partial charge >= 0.3 is 0 Å². The van der Waals surface area contributed by atoms with Crippen molar-refractivity contribution in [3.05, 3.63) is 108 Å². The molecule has 3 aromatic rings. The van der Waals surface area contributed by atoms with Gasteiger partial charge in [-0.1, -0.05) is 110 Å². The van der Waals surface area contributed by atoms with Crippen LogP contribution in [-0.4, -0.2) is 67.1 Å². The maximum absolute atomic E-state index is 10.8. The Labute approximate surface area is 313 Å². The number of aliphatic hydroxyl groups excluding tert-OH is 1. The predicted molar refractivity (Wildman–Crippen MR) is 212 cm³/mol. The Hall–Kier alpha value is -3.28. The van der Waals surface area contributed by atoms with Crippen LogP contribution in [0.25, 0.3) is 0 Å². The fourth-order valence-electron chi connectivity index (χ4n) is 5.18. The zero-order valence-electron chi connectivity index (χ0n) is 31.5. The molecule has 0 saturated carbocycles. The van der Waals surface area contributed by atoms with Crippen LogP contribution in [-0.2, 0) is 24.7 Å². The van der Waals surface area contributed by atoms with E-state index in [-0.39, 0.29) is 30.6 Å². The van der Waals surface area contributed by atoms with Crippen LogP contribution in [0.15, 0.2) is 91.0 Å². The Morgan fingerprint density at radius 1 is 0.902 bits per heavy atom. The summed E-state index contributed by atoms with van der Waals surface area (Å²) in [6.45, 7) is 13.0. The van der Waals surface area contributed by atoms with Gasteiger partial charge in [0.05, 0.1) is 39.6 Å². The van der Waals surface area contributed by atoms with Crippen molar-refractivity contribution in [1.29, 1.82) is 0 Å². The molecular weight excluding hydrogens is 683 g/mol. The maximum Gasteiger partial charge on any atom is 0.250 e. The van der Waals surface area contributed by atoms with Gasteiger partial charge in [0.2, 0.25) is 11.8 Å². The number of imide groups is 1. The van der Waals surface area contributed by atoms with Crippen LogP contribution in [0.3, 0.4) is 0 Å². The van der Waals surface area contributed by atoms with E-state index in [9.17, 15) is 9.59 Å². The molecule has 0 spiro atoms. The molecule has 1 heterocycles. The second-order valence-electron chi connectivity index (χ2n) is 12.9. The number of carbonyl (C=O) groups is 2. The van der Waals surface area contributed by atoms with Crippen molar-refractivity contribution in [2.24, 2.45) is 0 Å². The largest absolute Gasteiger partial charge is 0.497 e. The number of amides is 2. The van der Waals surface area contributed by atoms with E-state index >= 15 is 0 Å². The molecule has 2 atom stereocenters. The zero-order valence-corrected chi connectivity index (χ0v) is 33.1. The summed E-state index contributed by atoms with van der Waals surface area (Å²) in [5.74, 6) is 1.91. The molecule has 1 aliphatic heterocycles. The Balaban J connectivity index is 0.000000371. The summed E-state index contributed by atoms with van der Waals surface area (Å²) in [5, 5.41) is 10.6. The molecule has 10 heteroatoms. The summed E-state index contributed by atoms with van der Waals surface area (Å²) in [6, 6.07) is 26.6. The third-order valence-electron chi connectivity index (χ3n) is 7.52. The van der Waals surface area contributed by atoms with Gasteiger partial charge in [-0.05, 0) is 80.1 Å². The first-order valence-corrected chi connectivity index (χ1v) is 19.8. The van der Waals surface area contributed by atoms with Crippen molar-refractivity contribution in [3.8, 4) is 11.5 Å². The lowest BCUT2D eigenvalue weighted by molar-refractivity contribution is -0.128. The fraction of sp³-hybridized carbons (Fsp3) is 0.463. The number of hydrogen-bond acceptors (Lipinski definition) is 9. The first-order chi connectivity index (χ1) is 24.4. The monoisotopic (exact) mass is 739 g/mol. The van der Waals surface area contributed by atoms with Crippen LogP contribution in [0.1, 0.15) is 83.9 Å². The number of aliphatic hydroxyl groups is 1. The number of rotatable bonds is 14. The summed E-state index contributed by atoms with van der Waals surface area (Å²) in [4.78, 5) is 21.5.